The van der Waals surface area contributed by atoms with E-state index in [1.807, 2.05) is 6.07 Å². The molecule has 76 valence electrons. The van der Waals surface area contributed by atoms with Crippen LogP contribution in [0.5, 0.6) is 0 Å². The minimum absolute atomic E-state index is 0.596. The molecule has 0 aromatic carbocycles. The van der Waals surface area contributed by atoms with Gasteiger partial charge in [0, 0.05) is 18.8 Å². The third kappa shape index (κ3) is 2.67. The first-order valence-electron chi connectivity index (χ1n) is 5.18. The van der Waals surface area contributed by atoms with Crippen molar-refractivity contribution < 1.29 is 0 Å². The van der Waals surface area contributed by atoms with Crippen LogP contribution in [-0.2, 0) is 0 Å². The van der Waals surface area contributed by atoms with Crippen molar-refractivity contribution in [3.63, 3.8) is 0 Å². The lowest BCUT2D eigenvalue weighted by Gasteiger charge is -2.23. The van der Waals surface area contributed by atoms with Crippen LogP contribution < -0.4 is 10.6 Å². The van der Waals surface area contributed by atoms with Crippen molar-refractivity contribution in [2.24, 2.45) is 0 Å². The van der Waals surface area contributed by atoms with Gasteiger partial charge in [0.25, 0.3) is 0 Å². The summed E-state index contributed by atoms with van der Waals surface area (Å²) in [6.45, 7) is 2.10. The molecule has 1 fully saturated rings. The lowest BCUT2D eigenvalue weighted by Crippen LogP contribution is -2.39. The van der Waals surface area contributed by atoms with Crippen LogP contribution in [0.3, 0.4) is 0 Å². The SMILES string of the molecule is c1cc(NCC2CCCCN2)ncn1. The minimum atomic E-state index is 0.596. The Bertz CT molecular complexity index is 256. The number of piperidine rings is 1. The van der Waals surface area contributed by atoms with Gasteiger partial charge < -0.3 is 10.6 Å². The van der Waals surface area contributed by atoms with E-state index in [1.54, 1.807) is 12.5 Å². The standard InChI is InChI=1S/C10H16N4/c1-2-5-12-9(3-1)7-13-10-4-6-11-8-14-10/h4,6,8-9,12H,1-3,5,7H2,(H,11,13,14). The maximum atomic E-state index is 4.11. The predicted octanol–water partition coefficient (Wildman–Crippen LogP) is 1.03. The fourth-order valence-corrected chi connectivity index (χ4v) is 1.72. The molecule has 2 N–H and O–H groups in total. The number of aromatic nitrogens is 2. The van der Waals surface area contributed by atoms with Crippen LogP contribution in [0.1, 0.15) is 19.3 Å². The summed E-state index contributed by atoms with van der Waals surface area (Å²) in [6.07, 6.45) is 7.23. The Morgan fingerprint density at radius 1 is 1.50 bits per heavy atom. The second kappa shape index (κ2) is 4.91. The number of hydrogen-bond donors (Lipinski definition) is 2. The normalized spacial score (nSPS) is 21.9. The molecule has 1 aromatic heterocycles. The van der Waals surface area contributed by atoms with Gasteiger partial charge in [0.2, 0.25) is 0 Å². The first kappa shape index (κ1) is 9.40. The zero-order valence-electron chi connectivity index (χ0n) is 8.24. The second-order valence-electron chi connectivity index (χ2n) is 3.62. The Balaban J connectivity index is 1.76. The summed E-state index contributed by atoms with van der Waals surface area (Å²) in [6, 6.07) is 2.49. The molecule has 0 radical (unpaired) electrons. The fourth-order valence-electron chi connectivity index (χ4n) is 1.72. The van der Waals surface area contributed by atoms with Crippen LogP contribution in [-0.4, -0.2) is 29.1 Å². The van der Waals surface area contributed by atoms with Crippen molar-refractivity contribution in [3.05, 3.63) is 18.6 Å². The van der Waals surface area contributed by atoms with Crippen molar-refractivity contribution in [2.45, 2.75) is 25.3 Å². The molecule has 1 atom stereocenters. The van der Waals surface area contributed by atoms with Gasteiger partial charge in [0.15, 0.2) is 0 Å². The van der Waals surface area contributed by atoms with Crippen molar-refractivity contribution in [3.8, 4) is 0 Å². The summed E-state index contributed by atoms with van der Waals surface area (Å²) in [7, 11) is 0. The van der Waals surface area contributed by atoms with E-state index in [-0.39, 0.29) is 0 Å². The molecule has 1 unspecified atom stereocenters. The second-order valence-corrected chi connectivity index (χ2v) is 3.62. The van der Waals surface area contributed by atoms with E-state index in [9.17, 15) is 0 Å². The molecular weight excluding hydrogens is 176 g/mol. The first-order chi connectivity index (χ1) is 6.95. The third-order valence-corrected chi connectivity index (χ3v) is 2.52. The molecule has 2 rings (SSSR count). The molecule has 1 saturated heterocycles. The summed E-state index contributed by atoms with van der Waals surface area (Å²) in [5.74, 6) is 0.910. The van der Waals surface area contributed by atoms with Gasteiger partial charge >= 0.3 is 0 Å². The number of hydrogen-bond acceptors (Lipinski definition) is 4. The first-order valence-corrected chi connectivity index (χ1v) is 5.18. The summed E-state index contributed by atoms with van der Waals surface area (Å²) in [5.41, 5.74) is 0. The van der Waals surface area contributed by atoms with Crippen LogP contribution >= 0.6 is 0 Å². The fraction of sp³-hybridized carbons (Fsp3) is 0.600. The summed E-state index contributed by atoms with van der Waals surface area (Å²) in [4.78, 5) is 7.99. The molecular formula is C10H16N4. The molecule has 4 heteroatoms. The largest absolute Gasteiger partial charge is 0.368 e. The molecule has 1 aromatic rings. The molecule has 14 heavy (non-hydrogen) atoms. The van der Waals surface area contributed by atoms with Crippen LogP contribution in [0.4, 0.5) is 5.82 Å². The molecule has 2 heterocycles. The lowest BCUT2D eigenvalue weighted by molar-refractivity contribution is 0.414. The van der Waals surface area contributed by atoms with E-state index in [0.29, 0.717) is 6.04 Å². The maximum absolute atomic E-state index is 4.11. The number of nitrogens with zero attached hydrogens (tertiary/aromatic N) is 2. The highest BCUT2D eigenvalue weighted by Gasteiger charge is 2.11. The summed E-state index contributed by atoms with van der Waals surface area (Å²) in [5, 5.41) is 6.78. The van der Waals surface area contributed by atoms with Crippen molar-refractivity contribution in [1.82, 2.24) is 15.3 Å². The molecule has 0 saturated carbocycles. The van der Waals surface area contributed by atoms with E-state index in [2.05, 4.69) is 20.6 Å². The van der Waals surface area contributed by atoms with Crippen LogP contribution in [0.25, 0.3) is 0 Å². The Morgan fingerprint density at radius 3 is 3.21 bits per heavy atom. The average molecular weight is 192 g/mol. The quantitative estimate of drug-likeness (QED) is 0.751. The van der Waals surface area contributed by atoms with Crippen LogP contribution in [0, 0.1) is 0 Å². The van der Waals surface area contributed by atoms with Crippen LogP contribution in [0.15, 0.2) is 18.6 Å². The topological polar surface area (TPSA) is 49.8 Å². The Labute approximate surface area is 84.2 Å². The van der Waals surface area contributed by atoms with Gasteiger partial charge in [-0.3, -0.25) is 0 Å². The van der Waals surface area contributed by atoms with Gasteiger partial charge in [0.05, 0.1) is 0 Å². The maximum Gasteiger partial charge on any atom is 0.129 e. The van der Waals surface area contributed by atoms with E-state index in [4.69, 9.17) is 0 Å². The van der Waals surface area contributed by atoms with E-state index >= 15 is 0 Å². The van der Waals surface area contributed by atoms with Gasteiger partial charge in [-0.15, -0.1) is 0 Å². The average Bonchev–Trinajstić information content (AvgIpc) is 2.29. The third-order valence-electron chi connectivity index (χ3n) is 2.52. The zero-order chi connectivity index (χ0) is 9.64. The highest BCUT2D eigenvalue weighted by atomic mass is 15.0. The van der Waals surface area contributed by atoms with Gasteiger partial charge in [-0.05, 0) is 25.5 Å². The smallest absolute Gasteiger partial charge is 0.129 e. The molecule has 1 aliphatic rings. The molecule has 0 aliphatic carbocycles. The molecule has 1 aliphatic heterocycles. The lowest BCUT2D eigenvalue weighted by atomic mass is 10.1. The van der Waals surface area contributed by atoms with Crippen molar-refractivity contribution >= 4 is 5.82 Å². The van der Waals surface area contributed by atoms with Gasteiger partial charge in [0.1, 0.15) is 12.1 Å². The Kier molecular flexibility index (Phi) is 3.29. The van der Waals surface area contributed by atoms with Gasteiger partial charge in [-0.25, -0.2) is 9.97 Å². The monoisotopic (exact) mass is 192 g/mol. The van der Waals surface area contributed by atoms with Gasteiger partial charge in [-0.1, -0.05) is 6.42 Å². The zero-order valence-corrected chi connectivity index (χ0v) is 8.24. The van der Waals surface area contributed by atoms with Crippen molar-refractivity contribution in [2.75, 3.05) is 18.4 Å². The van der Waals surface area contributed by atoms with Crippen molar-refractivity contribution in [1.29, 1.82) is 0 Å². The molecule has 0 amide bonds. The molecule has 0 spiro atoms. The van der Waals surface area contributed by atoms with Crippen LogP contribution in [0.2, 0.25) is 0 Å². The molecule has 4 nitrogen and oxygen atoms in total. The van der Waals surface area contributed by atoms with E-state index in [1.165, 1.54) is 19.3 Å². The minimum Gasteiger partial charge on any atom is -0.368 e. The Morgan fingerprint density at radius 2 is 2.50 bits per heavy atom. The van der Waals surface area contributed by atoms with E-state index in [0.717, 1.165) is 18.9 Å². The highest BCUT2D eigenvalue weighted by molar-refractivity contribution is 5.31. The number of rotatable bonds is 3. The highest BCUT2D eigenvalue weighted by Crippen LogP contribution is 2.07. The number of anilines is 1. The number of nitrogens with one attached hydrogen (secondary N) is 2. The molecule has 0 bridgehead atoms. The summed E-state index contributed by atoms with van der Waals surface area (Å²) < 4.78 is 0. The van der Waals surface area contributed by atoms with E-state index < -0.39 is 0 Å². The van der Waals surface area contributed by atoms with Gasteiger partial charge in [-0.2, -0.15) is 0 Å². The summed E-state index contributed by atoms with van der Waals surface area (Å²) >= 11 is 0. The Hall–Kier alpha value is -1.16. The predicted molar refractivity (Wildman–Crippen MR) is 56.2 cm³/mol.